The third-order valence-electron chi connectivity index (χ3n) is 3.77. The Hall–Kier alpha value is -2.95. The average molecular weight is 401 g/mol. The van der Waals surface area contributed by atoms with Crippen molar-refractivity contribution in [3.05, 3.63) is 61.4 Å². The van der Waals surface area contributed by atoms with Crippen molar-refractivity contribution in [3.63, 3.8) is 0 Å². The van der Waals surface area contributed by atoms with Gasteiger partial charge in [-0.25, -0.2) is 9.48 Å². The van der Waals surface area contributed by atoms with Crippen molar-refractivity contribution in [2.75, 3.05) is 0 Å². The molecule has 27 heavy (non-hydrogen) atoms. The quantitative estimate of drug-likeness (QED) is 0.721. The molecule has 0 fully saturated rings. The van der Waals surface area contributed by atoms with Gasteiger partial charge < -0.3 is 4.98 Å². The zero-order valence-electron chi connectivity index (χ0n) is 13.8. The van der Waals surface area contributed by atoms with Gasteiger partial charge in [-0.05, 0) is 35.0 Å². The van der Waals surface area contributed by atoms with Crippen molar-refractivity contribution in [1.82, 2.24) is 29.8 Å². The molecule has 0 spiro atoms. The Morgan fingerprint density at radius 1 is 1.22 bits per heavy atom. The van der Waals surface area contributed by atoms with Crippen LogP contribution in [0.4, 0.5) is 13.2 Å². The SMILES string of the molecule is CCn1nnnc1-c1cc(Cn2c(=O)cc(C(F)(F)F)[nH]c2=O)ccc1Cl. The highest BCUT2D eigenvalue weighted by Crippen LogP contribution is 2.27. The monoisotopic (exact) mass is 400 g/mol. The van der Waals surface area contributed by atoms with Crippen LogP contribution in [0.1, 0.15) is 18.2 Å². The third kappa shape index (κ3) is 3.77. The van der Waals surface area contributed by atoms with E-state index in [2.05, 4.69) is 15.5 Å². The zero-order chi connectivity index (χ0) is 19.8. The molecule has 0 atom stereocenters. The molecule has 0 amide bonds. The van der Waals surface area contributed by atoms with Gasteiger partial charge in [0.05, 0.1) is 11.6 Å². The lowest BCUT2D eigenvalue weighted by atomic mass is 10.1. The van der Waals surface area contributed by atoms with E-state index in [9.17, 15) is 22.8 Å². The van der Waals surface area contributed by atoms with E-state index in [-0.39, 0.29) is 6.54 Å². The van der Waals surface area contributed by atoms with E-state index in [0.29, 0.717) is 39.2 Å². The van der Waals surface area contributed by atoms with Crippen LogP contribution in [0.2, 0.25) is 5.02 Å². The molecule has 0 unspecified atom stereocenters. The second kappa shape index (κ2) is 6.99. The Bertz CT molecular complexity index is 1070. The zero-order valence-corrected chi connectivity index (χ0v) is 14.5. The van der Waals surface area contributed by atoms with Crippen molar-refractivity contribution >= 4 is 11.6 Å². The van der Waals surface area contributed by atoms with Gasteiger partial charge in [0.1, 0.15) is 5.69 Å². The van der Waals surface area contributed by atoms with E-state index < -0.39 is 23.1 Å². The molecule has 1 aromatic carbocycles. The van der Waals surface area contributed by atoms with Crippen molar-refractivity contribution in [2.45, 2.75) is 26.2 Å². The summed E-state index contributed by atoms with van der Waals surface area (Å²) >= 11 is 6.18. The molecule has 2 aromatic heterocycles. The van der Waals surface area contributed by atoms with E-state index >= 15 is 0 Å². The summed E-state index contributed by atoms with van der Waals surface area (Å²) < 4.78 is 40.2. The summed E-state index contributed by atoms with van der Waals surface area (Å²) in [6.07, 6.45) is -4.82. The number of tetrazole rings is 1. The molecular weight excluding hydrogens is 389 g/mol. The number of hydrogen-bond donors (Lipinski definition) is 1. The third-order valence-corrected chi connectivity index (χ3v) is 4.10. The van der Waals surface area contributed by atoms with E-state index in [1.54, 1.807) is 17.1 Å². The van der Waals surface area contributed by atoms with Crippen LogP contribution in [0.5, 0.6) is 0 Å². The minimum Gasteiger partial charge on any atom is -0.303 e. The summed E-state index contributed by atoms with van der Waals surface area (Å²) in [5.74, 6) is 0.387. The van der Waals surface area contributed by atoms with Crippen LogP contribution in [0.25, 0.3) is 11.4 Å². The van der Waals surface area contributed by atoms with E-state index in [1.165, 1.54) is 10.7 Å². The molecule has 2 heterocycles. The number of aromatic amines is 1. The highest BCUT2D eigenvalue weighted by molar-refractivity contribution is 6.33. The van der Waals surface area contributed by atoms with Gasteiger partial charge in [0.25, 0.3) is 5.56 Å². The van der Waals surface area contributed by atoms with Crippen molar-refractivity contribution in [3.8, 4) is 11.4 Å². The first-order chi connectivity index (χ1) is 12.7. The summed E-state index contributed by atoms with van der Waals surface area (Å²) in [5.41, 5.74) is -2.69. The number of nitrogens with one attached hydrogen (secondary N) is 1. The number of nitrogens with zero attached hydrogens (tertiary/aromatic N) is 5. The summed E-state index contributed by atoms with van der Waals surface area (Å²) in [4.78, 5) is 25.6. The number of aryl methyl sites for hydroxylation is 1. The van der Waals surface area contributed by atoms with E-state index in [0.717, 1.165) is 0 Å². The molecule has 142 valence electrons. The molecule has 0 aliphatic carbocycles. The van der Waals surface area contributed by atoms with Crippen LogP contribution in [-0.2, 0) is 19.3 Å². The first-order valence-corrected chi connectivity index (χ1v) is 8.05. The lowest BCUT2D eigenvalue weighted by molar-refractivity contribution is -0.141. The Morgan fingerprint density at radius 2 is 1.96 bits per heavy atom. The van der Waals surface area contributed by atoms with Crippen LogP contribution in [-0.4, -0.2) is 29.8 Å². The van der Waals surface area contributed by atoms with Crippen molar-refractivity contribution in [1.29, 1.82) is 0 Å². The predicted molar refractivity (Wildman–Crippen MR) is 89.4 cm³/mol. The first-order valence-electron chi connectivity index (χ1n) is 7.67. The molecule has 0 aliphatic heterocycles. The summed E-state index contributed by atoms with van der Waals surface area (Å²) in [6, 6.07) is 5.00. The van der Waals surface area contributed by atoms with Crippen LogP contribution in [0.15, 0.2) is 33.9 Å². The standard InChI is InChI=1S/C15H12ClF3N6O2/c1-2-25-13(21-22-23-25)9-5-8(3-4-10(9)16)7-24-12(26)6-11(15(17,18)19)20-14(24)27/h3-6H,2,7H2,1H3,(H,20,27). The Morgan fingerprint density at radius 3 is 2.59 bits per heavy atom. The maximum Gasteiger partial charge on any atom is 0.431 e. The van der Waals surface area contributed by atoms with Gasteiger partial charge in [-0.2, -0.15) is 13.2 Å². The maximum atomic E-state index is 12.7. The Labute approximate surface area is 154 Å². The smallest absolute Gasteiger partial charge is 0.303 e. The predicted octanol–water partition coefficient (Wildman–Crippen LogP) is 1.93. The molecule has 3 aromatic rings. The molecule has 0 aliphatic rings. The largest absolute Gasteiger partial charge is 0.431 e. The van der Waals surface area contributed by atoms with Crippen LogP contribution in [0.3, 0.4) is 0 Å². The lowest BCUT2D eigenvalue weighted by Crippen LogP contribution is -2.37. The number of H-pyrrole nitrogens is 1. The van der Waals surface area contributed by atoms with Gasteiger partial charge in [-0.1, -0.05) is 17.7 Å². The van der Waals surface area contributed by atoms with Crippen molar-refractivity contribution < 1.29 is 13.2 Å². The molecule has 0 saturated carbocycles. The minimum atomic E-state index is -4.82. The molecule has 12 heteroatoms. The second-order valence-electron chi connectivity index (χ2n) is 5.54. The fourth-order valence-electron chi connectivity index (χ4n) is 2.46. The molecule has 0 saturated heterocycles. The van der Waals surface area contributed by atoms with Crippen molar-refractivity contribution in [2.24, 2.45) is 0 Å². The van der Waals surface area contributed by atoms with Gasteiger partial charge in [-0.15, -0.1) is 5.10 Å². The van der Waals surface area contributed by atoms with Gasteiger partial charge in [-0.3, -0.25) is 9.36 Å². The lowest BCUT2D eigenvalue weighted by Gasteiger charge is -2.10. The molecule has 0 radical (unpaired) electrons. The normalized spacial score (nSPS) is 11.7. The van der Waals surface area contributed by atoms with Gasteiger partial charge >= 0.3 is 11.9 Å². The highest BCUT2D eigenvalue weighted by atomic mass is 35.5. The number of aromatic nitrogens is 6. The number of alkyl halides is 3. The number of halogens is 4. The fourth-order valence-corrected chi connectivity index (χ4v) is 2.66. The van der Waals surface area contributed by atoms with Crippen LogP contribution >= 0.6 is 11.6 Å². The Kier molecular flexibility index (Phi) is 4.87. The topological polar surface area (TPSA) is 98.5 Å². The van der Waals surface area contributed by atoms with Crippen LogP contribution in [0, 0.1) is 0 Å². The number of rotatable bonds is 4. The fraction of sp³-hybridized carbons (Fsp3) is 0.267. The number of hydrogen-bond acceptors (Lipinski definition) is 5. The Balaban J connectivity index is 2.02. The van der Waals surface area contributed by atoms with E-state index in [1.807, 2.05) is 6.92 Å². The first kappa shape index (κ1) is 18.8. The summed E-state index contributed by atoms with van der Waals surface area (Å²) in [6.45, 7) is 2.07. The van der Waals surface area contributed by atoms with Gasteiger partial charge in [0.15, 0.2) is 5.82 Å². The van der Waals surface area contributed by atoms with Gasteiger partial charge in [0.2, 0.25) is 0 Å². The summed E-state index contributed by atoms with van der Waals surface area (Å²) in [7, 11) is 0. The molecule has 0 bridgehead atoms. The summed E-state index contributed by atoms with van der Waals surface area (Å²) in [5, 5.41) is 11.6. The molecule has 3 rings (SSSR count). The van der Waals surface area contributed by atoms with Crippen LogP contribution < -0.4 is 11.2 Å². The molecule has 8 nitrogen and oxygen atoms in total. The highest BCUT2D eigenvalue weighted by Gasteiger charge is 2.32. The molecular formula is C15H12ClF3N6O2. The maximum absolute atomic E-state index is 12.7. The molecule has 1 N–H and O–H groups in total. The average Bonchev–Trinajstić information content (AvgIpc) is 3.07. The van der Waals surface area contributed by atoms with E-state index in [4.69, 9.17) is 11.6 Å². The van der Waals surface area contributed by atoms with Gasteiger partial charge in [0, 0.05) is 18.2 Å². The number of benzene rings is 1. The second-order valence-corrected chi connectivity index (χ2v) is 5.95. The minimum absolute atomic E-state index is 0.246.